The summed E-state index contributed by atoms with van der Waals surface area (Å²) in [6, 6.07) is 17.6. The van der Waals surface area contributed by atoms with Crippen molar-refractivity contribution in [2.45, 2.75) is 128 Å². The van der Waals surface area contributed by atoms with E-state index in [1.165, 1.54) is 74.2 Å². The summed E-state index contributed by atoms with van der Waals surface area (Å²) in [5.41, 5.74) is 7.68. The van der Waals surface area contributed by atoms with Crippen molar-refractivity contribution < 1.29 is 56.3 Å². The highest BCUT2D eigenvalue weighted by Gasteiger charge is 2.44. The van der Waals surface area contributed by atoms with Gasteiger partial charge in [0.1, 0.15) is 57.5 Å². The lowest BCUT2D eigenvalue weighted by Crippen LogP contribution is -2.33. The highest BCUT2D eigenvalue weighted by atomic mass is 19.1. The van der Waals surface area contributed by atoms with Crippen molar-refractivity contribution in [3.8, 4) is 29.6 Å². The fourth-order valence-corrected chi connectivity index (χ4v) is 9.13. The molecule has 6 N–H and O–H groups in total. The molecule has 10 rings (SSSR count). The van der Waals surface area contributed by atoms with Crippen molar-refractivity contribution in [1.82, 2.24) is 10.6 Å². The van der Waals surface area contributed by atoms with E-state index in [1.807, 2.05) is 20.8 Å². The number of alkyl carbamates (subject to hydrolysis) is 2. The normalized spacial score (nSPS) is 23.7. The maximum atomic E-state index is 13.6. The highest BCUT2D eigenvalue weighted by molar-refractivity contribution is 5.68. The van der Waals surface area contributed by atoms with Gasteiger partial charge in [0.2, 0.25) is 0 Å². The van der Waals surface area contributed by atoms with Gasteiger partial charge >= 0.3 is 12.2 Å². The standard InChI is InChI=1S/C19H26FNO3.C15H20FNO3.C15H17FNO.C10H12FNO/c1-19(2,3)24-18(22)21-10-13-8-15(13)16-9-14(20)6-7-17(16)23-11-12-4-5-12;1-15(2,3)20-14(19)17-8-9-6-11(9)12-7-10(16)4-5-13(12)18;1-17-8-11-6-13(11)14-7-12(16)4-5-15(14)18-9-10-2-3-10;11-7-1-2-10(13)9(4-7)8-3-6(8)5-12/h6-7,9,12-13,15H,4-5,8,10-11H2,1-3H3,(H,21,22);4-5,7,9,11,18H,6,8H2,1-3H3,(H,17,19);1,4-5,7,10-11,13H,2-3,6,8-9H2;1-2,4,6,8,13H,3,5,12H2/q;;+1;. The first-order valence-corrected chi connectivity index (χ1v) is 26.4. The van der Waals surface area contributed by atoms with Crippen molar-refractivity contribution in [3.05, 3.63) is 123 Å². The summed E-state index contributed by atoms with van der Waals surface area (Å²) >= 11 is 0. The van der Waals surface area contributed by atoms with Crippen LogP contribution in [0.2, 0.25) is 0 Å². The van der Waals surface area contributed by atoms with E-state index in [2.05, 4.69) is 15.5 Å². The summed E-state index contributed by atoms with van der Waals surface area (Å²) in [7, 11) is 0. The first kappa shape index (κ1) is 56.5. The molecular weight excluding hydrogens is 969 g/mol. The van der Waals surface area contributed by atoms with Crippen LogP contribution in [0.1, 0.15) is 139 Å². The van der Waals surface area contributed by atoms with Crippen LogP contribution in [0.4, 0.5) is 27.2 Å². The Morgan fingerprint density at radius 3 is 1.29 bits per heavy atom. The van der Waals surface area contributed by atoms with Gasteiger partial charge in [-0.15, -0.1) is 0 Å². The number of nitrogens with zero attached hydrogens (tertiary/aromatic N) is 1. The number of carbonyl (C=O) groups is 2. The molecule has 0 spiro atoms. The number of halogens is 4. The zero-order valence-electron chi connectivity index (χ0n) is 44.1. The van der Waals surface area contributed by atoms with E-state index in [0.717, 1.165) is 54.9 Å². The third-order valence-corrected chi connectivity index (χ3v) is 14.0. The number of hydrogen-bond acceptors (Lipinski definition) is 9. The van der Waals surface area contributed by atoms with E-state index in [4.69, 9.17) is 31.3 Å². The Morgan fingerprint density at radius 1 is 0.573 bits per heavy atom. The number of benzene rings is 4. The SMILES string of the molecule is C#[N+]CC1CC1c1cc(F)ccc1OCC1CC1.CC(C)(C)OC(=O)NCC1CC1c1cc(F)ccc1O.CC(C)(C)OC(=O)NCC1CC1c1cc(F)ccc1OCC1CC1.NCC1CC1c1cc(F)ccc1O. The molecule has 4 aromatic carbocycles. The predicted molar refractivity (Wildman–Crippen MR) is 279 cm³/mol. The van der Waals surface area contributed by atoms with Gasteiger partial charge in [0, 0.05) is 41.3 Å². The Bertz CT molecular complexity index is 2640. The van der Waals surface area contributed by atoms with Gasteiger partial charge in [-0.05, 0) is 226 Å². The highest BCUT2D eigenvalue weighted by Crippen LogP contribution is 2.53. The van der Waals surface area contributed by atoms with Gasteiger partial charge in [-0.2, -0.15) is 0 Å². The van der Waals surface area contributed by atoms with Crippen LogP contribution in [0.5, 0.6) is 23.0 Å². The Labute approximate surface area is 438 Å². The fourth-order valence-electron chi connectivity index (χ4n) is 9.13. The summed E-state index contributed by atoms with van der Waals surface area (Å²) in [6.45, 7) is 19.9. The fraction of sp³-hybridized carbons (Fsp3) is 0.542. The molecule has 6 fully saturated rings. The van der Waals surface area contributed by atoms with Crippen LogP contribution >= 0.6 is 0 Å². The van der Waals surface area contributed by atoms with Crippen molar-refractivity contribution >= 4 is 12.2 Å². The monoisotopic (exact) mass is 1040 g/mol. The zero-order valence-corrected chi connectivity index (χ0v) is 44.1. The van der Waals surface area contributed by atoms with Crippen molar-refractivity contribution in [2.24, 2.45) is 41.2 Å². The summed E-state index contributed by atoms with van der Waals surface area (Å²) in [6.07, 6.45) is 7.86. The minimum atomic E-state index is -0.520. The average Bonchev–Trinajstić information content (AvgIpc) is 4.12. The molecule has 406 valence electrons. The number of amides is 2. The third kappa shape index (κ3) is 18.3. The molecule has 0 aromatic heterocycles. The van der Waals surface area contributed by atoms with Gasteiger partial charge in [-0.25, -0.2) is 27.2 Å². The third-order valence-electron chi connectivity index (χ3n) is 14.0. The van der Waals surface area contributed by atoms with Gasteiger partial charge in [-0.1, -0.05) is 4.85 Å². The first-order chi connectivity index (χ1) is 35.6. The number of nitrogens with one attached hydrogen (secondary N) is 2. The number of aromatic hydroxyl groups is 2. The number of ether oxygens (including phenoxy) is 4. The van der Waals surface area contributed by atoms with E-state index in [-0.39, 0.29) is 58.4 Å². The minimum Gasteiger partial charge on any atom is -0.508 e. The largest absolute Gasteiger partial charge is 0.508 e. The maximum Gasteiger partial charge on any atom is 0.407 e. The second-order valence-electron chi connectivity index (χ2n) is 23.1. The van der Waals surface area contributed by atoms with Crippen LogP contribution in [0.3, 0.4) is 0 Å². The number of rotatable bonds is 16. The van der Waals surface area contributed by atoms with Crippen LogP contribution < -0.4 is 25.8 Å². The zero-order chi connectivity index (χ0) is 54.2. The Kier molecular flexibility index (Phi) is 18.6. The molecular formula is C59H75F4N4O8+. The molecule has 0 aliphatic heterocycles. The lowest BCUT2D eigenvalue weighted by Gasteiger charge is -2.19. The van der Waals surface area contributed by atoms with E-state index < -0.39 is 23.4 Å². The molecule has 0 bridgehead atoms. The minimum absolute atomic E-state index is 0.0978. The van der Waals surface area contributed by atoms with Gasteiger partial charge in [0.15, 0.2) is 0 Å². The molecule has 8 atom stereocenters. The lowest BCUT2D eigenvalue weighted by atomic mass is 10.1. The van der Waals surface area contributed by atoms with Crippen LogP contribution in [-0.4, -0.2) is 73.0 Å². The van der Waals surface area contributed by atoms with Crippen LogP contribution in [0.15, 0.2) is 72.8 Å². The molecule has 6 aliphatic carbocycles. The van der Waals surface area contributed by atoms with E-state index in [9.17, 15) is 37.4 Å². The van der Waals surface area contributed by atoms with Crippen molar-refractivity contribution in [1.29, 1.82) is 0 Å². The topological polar surface area (TPSA) is 166 Å². The molecule has 8 unspecified atom stereocenters. The number of phenolic OH excluding ortho intramolecular Hbond substituents is 2. The molecule has 6 saturated carbocycles. The summed E-state index contributed by atoms with van der Waals surface area (Å²) in [5.74, 6) is 4.56. The second-order valence-corrected chi connectivity index (χ2v) is 23.1. The van der Waals surface area contributed by atoms with E-state index >= 15 is 0 Å². The Morgan fingerprint density at radius 2 is 0.920 bits per heavy atom. The molecule has 2 amide bonds. The van der Waals surface area contributed by atoms with E-state index in [1.54, 1.807) is 45.0 Å². The number of phenols is 2. The van der Waals surface area contributed by atoms with Crippen molar-refractivity contribution in [3.63, 3.8) is 0 Å². The first-order valence-electron chi connectivity index (χ1n) is 26.4. The Balaban J connectivity index is 0.000000149. The molecule has 0 radical (unpaired) electrons. The average molecular weight is 1040 g/mol. The summed E-state index contributed by atoms with van der Waals surface area (Å²) in [4.78, 5) is 26.9. The molecule has 16 heteroatoms. The molecule has 75 heavy (non-hydrogen) atoms. The van der Waals surface area contributed by atoms with E-state index in [0.29, 0.717) is 79.4 Å². The molecule has 6 aliphatic rings. The smallest absolute Gasteiger partial charge is 0.407 e. The number of hydrogen-bond donors (Lipinski definition) is 5. The van der Waals surface area contributed by atoms with Crippen LogP contribution in [0.25, 0.3) is 4.85 Å². The van der Waals surface area contributed by atoms with Gasteiger partial charge in [-0.3, -0.25) is 0 Å². The van der Waals surface area contributed by atoms with Crippen molar-refractivity contribution in [2.75, 3.05) is 39.4 Å². The van der Waals surface area contributed by atoms with Gasteiger partial charge in [0.05, 0.1) is 13.2 Å². The van der Waals surface area contributed by atoms with Gasteiger partial charge in [0.25, 0.3) is 13.1 Å². The quantitative estimate of drug-likeness (QED) is 0.0687. The maximum absolute atomic E-state index is 13.6. The Hall–Kier alpha value is -6.21. The summed E-state index contributed by atoms with van der Waals surface area (Å²) < 4.78 is 75.0. The second kappa shape index (κ2) is 24.6. The molecule has 4 aromatic rings. The molecule has 12 nitrogen and oxygen atoms in total. The molecule has 0 heterocycles. The summed E-state index contributed by atoms with van der Waals surface area (Å²) in [5, 5.41) is 24.7. The predicted octanol–water partition coefficient (Wildman–Crippen LogP) is 12.7. The lowest BCUT2D eigenvalue weighted by molar-refractivity contribution is 0.0513. The van der Waals surface area contributed by atoms with Crippen LogP contribution in [0, 0.1) is 65.3 Å². The van der Waals surface area contributed by atoms with Crippen LogP contribution in [-0.2, 0) is 9.47 Å². The van der Waals surface area contributed by atoms with Gasteiger partial charge < -0.3 is 45.5 Å². The number of carbonyl (C=O) groups excluding carboxylic acids is 2. The number of nitrogens with two attached hydrogens (primary N) is 1. The molecule has 0 saturated heterocycles.